The summed E-state index contributed by atoms with van der Waals surface area (Å²) in [7, 11) is 0. The smallest absolute Gasteiger partial charge is 0.154 e. The lowest BCUT2D eigenvalue weighted by atomic mass is 9.85. The van der Waals surface area contributed by atoms with E-state index < -0.39 is 0 Å². The average molecular weight is 220 g/mol. The molecule has 1 aromatic heterocycles. The Morgan fingerprint density at radius 2 is 2.19 bits per heavy atom. The summed E-state index contributed by atoms with van der Waals surface area (Å²) >= 11 is 0. The fraction of sp³-hybridized carbons (Fsp3) is 0.833. The Bertz CT molecular complexity index is 367. The molecule has 1 unspecified atom stereocenters. The topological polar surface area (TPSA) is 56.7 Å². The minimum absolute atomic E-state index is 0.658. The third kappa shape index (κ3) is 1.75. The molecule has 88 valence electrons. The van der Waals surface area contributed by atoms with Crippen molar-refractivity contribution in [3.8, 4) is 0 Å². The van der Waals surface area contributed by atoms with Gasteiger partial charge in [-0.15, -0.1) is 0 Å². The highest BCUT2D eigenvalue weighted by Crippen LogP contribution is 2.35. The SMILES string of the molecule is NCCC1CCc2nc(C3CCC3)nn2C1. The van der Waals surface area contributed by atoms with Gasteiger partial charge in [-0.25, -0.2) is 9.67 Å². The summed E-state index contributed by atoms with van der Waals surface area (Å²) in [6.07, 6.45) is 7.37. The summed E-state index contributed by atoms with van der Waals surface area (Å²) in [5.41, 5.74) is 5.62. The second kappa shape index (κ2) is 4.17. The molecule has 0 aromatic carbocycles. The maximum absolute atomic E-state index is 5.62. The highest BCUT2D eigenvalue weighted by molar-refractivity contribution is 5.04. The highest BCUT2D eigenvalue weighted by Gasteiger charge is 2.27. The highest BCUT2D eigenvalue weighted by atomic mass is 15.4. The van der Waals surface area contributed by atoms with E-state index in [9.17, 15) is 0 Å². The van der Waals surface area contributed by atoms with Gasteiger partial charge in [0, 0.05) is 18.9 Å². The molecule has 1 aromatic rings. The van der Waals surface area contributed by atoms with Crippen LogP contribution in [0.1, 0.15) is 49.7 Å². The molecule has 1 atom stereocenters. The lowest BCUT2D eigenvalue weighted by Gasteiger charge is -2.22. The van der Waals surface area contributed by atoms with Crippen molar-refractivity contribution in [2.24, 2.45) is 11.7 Å². The molecule has 3 rings (SSSR count). The Morgan fingerprint density at radius 3 is 2.88 bits per heavy atom. The van der Waals surface area contributed by atoms with Gasteiger partial charge in [0.15, 0.2) is 5.82 Å². The van der Waals surface area contributed by atoms with Gasteiger partial charge in [0.25, 0.3) is 0 Å². The third-order valence-electron chi connectivity index (χ3n) is 4.02. The number of aryl methyl sites for hydroxylation is 1. The van der Waals surface area contributed by atoms with Crippen LogP contribution in [-0.4, -0.2) is 21.3 Å². The van der Waals surface area contributed by atoms with Gasteiger partial charge < -0.3 is 5.73 Å². The van der Waals surface area contributed by atoms with Gasteiger partial charge in [-0.2, -0.15) is 5.10 Å². The van der Waals surface area contributed by atoms with Crippen molar-refractivity contribution in [1.82, 2.24) is 14.8 Å². The van der Waals surface area contributed by atoms with Gasteiger partial charge in [0.1, 0.15) is 5.82 Å². The Balaban J connectivity index is 1.74. The van der Waals surface area contributed by atoms with E-state index in [-0.39, 0.29) is 0 Å². The molecule has 2 N–H and O–H groups in total. The molecule has 1 fully saturated rings. The first-order valence-electron chi connectivity index (χ1n) is 6.50. The van der Waals surface area contributed by atoms with E-state index in [1.807, 2.05) is 0 Å². The summed E-state index contributed by atoms with van der Waals surface area (Å²) in [4.78, 5) is 4.69. The first-order chi connectivity index (χ1) is 7.86. The number of hydrogen-bond donors (Lipinski definition) is 1. The number of hydrogen-bond acceptors (Lipinski definition) is 3. The van der Waals surface area contributed by atoms with E-state index in [2.05, 4.69) is 14.8 Å². The molecule has 4 heteroatoms. The van der Waals surface area contributed by atoms with Gasteiger partial charge in [0.05, 0.1) is 0 Å². The number of fused-ring (bicyclic) bond motifs is 1. The second-order valence-corrected chi connectivity index (χ2v) is 5.18. The lowest BCUT2D eigenvalue weighted by Crippen LogP contribution is -2.23. The van der Waals surface area contributed by atoms with Crippen molar-refractivity contribution in [3.05, 3.63) is 11.6 Å². The fourth-order valence-corrected chi connectivity index (χ4v) is 2.70. The van der Waals surface area contributed by atoms with Crippen LogP contribution in [-0.2, 0) is 13.0 Å². The predicted molar refractivity (Wildman–Crippen MR) is 62.1 cm³/mol. The third-order valence-corrected chi connectivity index (χ3v) is 4.02. The van der Waals surface area contributed by atoms with Gasteiger partial charge >= 0.3 is 0 Å². The lowest BCUT2D eigenvalue weighted by molar-refractivity contribution is 0.325. The normalized spacial score (nSPS) is 25.2. The van der Waals surface area contributed by atoms with Crippen molar-refractivity contribution < 1.29 is 0 Å². The fourth-order valence-electron chi connectivity index (χ4n) is 2.70. The van der Waals surface area contributed by atoms with Crippen LogP contribution in [0, 0.1) is 5.92 Å². The number of rotatable bonds is 3. The van der Waals surface area contributed by atoms with Crippen molar-refractivity contribution in [2.45, 2.75) is 51.0 Å². The first-order valence-corrected chi connectivity index (χ1v) is 6.50. The van der Waals surface area contributed by atoms with Crippen LogP contribution in [0.2, 0.25) is 0 Å². The zero-order chi connectivity index (χ0) is 11.0. The average Bonchev–Trinajstić information content (AvgIpc) is 2.57. The van der Waals surface area contributed by atoms with Gasteiger partial charge in [-0.05, 0) is 38.1 Å². The Hall–Kier alpha value is -0.900. The molecular weight excluding hydrogens is 200 g/mol. The van der Waals surface area contributed by atoms with E-state index in [4.69, 9.17) is 5.73 Å². The minimum atomic E-state index is 0.658. The summed E-state index contributed by atoms with van der Waals surface area (Å²) in [6, 6.07) is 0. The van der Waals surface area contributed by atoms with Crippen molar-refractivity contribution >= 4 is 0 Å². The summed E-state index contributed by atoms with van der Waals surface area (Å²) in [5.74, 6) is 3.68. The van der Waals surface area contributed by atoms with Crippen LogP contribution in [0.15, 0.2) is 0 Å². The zero-order valence-corrected chi connectivity index (χ0v) is 9.73. The maximum Gasteiger partial charge on any atom is 0.154 e. The standard InChI is InChI=1S/C12H20N4/c13-7-6-9-4-5-11-14-12(10-2-1-3-10)15-16(11)8-9/h9-10H,1-8,13H2. The van der Waals surface area contributed by atoms with Crippen LogP contribution in [0.5, 0.6) is 0 Å². The van der Waals surface area contributed by atoms with Crippen molar-refractivity contribution in [3.63, 3.8) is 0 Å². The summed E-state index contributed by atoms with van der Waals surface area (Å²) < 4.78 is 2.14. The van der Waals surface area contributed by atoms with Crippen molar-refractivity contribution in [1.29, 1.82) is 0 Å². The quantitative estimate of drug-likeness (QED) is 0.839. The van der Waals surface area contributed by atoms with Crippen LogP contribution in [0.4, 0.5) is 0 Å². The van der Waals surface area contributed by atoms with E-state index in [0.717, 1.165) is 31.8 Å². The minimum Gasteiger partial charge on any atom is -0.330 e. The van der Waals surface area contributed by atoms with E-state index >= 15 is 0 Å². The second-order valence-electron chi connectivity index (χ2n) is 5.18. The Kier molecular flexibility index (Phi) is 2.67. The predicted octanol–water partition coefficient (Wildman–Crippen LogP) is 1.46. The van der Waals surface area contributed by atoms with Crippen LogP contribution in [0.25, 0.3) is 0 Å². The summed E-state index contributed by atoms with van der Waals surface area (Å²) in [6.45, 7) is 1.83. The molecule has 16 heavy (non-hydrogen) atoms. The molecule has 2 aliphatic rings. The Morgan fingerprint density at radius 1 is 1.31 bits per heavy atom. The van der Waals surface area contributed by atoms with E-state index in [0.29, 0.717) is 11.8 Å². The van der Waals surface area contributed by atoms with Crippen LogP contribution in [0.3, 0.4) is 0 Å². The molecule has 4 nitrogen and oxygen atoms in total. The van der Waals surface area contributed by atoms with Crippen LogP contribution < -0.4 is 5.73 Å². The number of nitrogens with two attached hydrogens (primary N) is 1. The number of nitrogens with zero attached hydrogens (tertiary/aromatic N) is 3. The molecule has 2 heterocycles. The Labute approximate surface area is 96.2 Å². The van der Waals surface area contributed by atoms with E-state index in [1.54, 1.807) is 0 Å². The van der Waals surface area contributed by atoms with E-state index in [1.165, 1.54) is 31.5 Å². The zero-order valence-electron chi connectivity index (χ0n) is 9.73. The molecule has 0 bridgehead atoms. The maximum atomic E-state index is 5.62. The molecule has 0 saturated heterocycles. The molecule has 1 aliphatic carbocycles. The molecule has 0 radical (unpaired) electrons. The largest absolute Gasteiger partial charge is 0.330 e. The molecule has 0 spiro atoms. The number of aromatic nitrogens is 3. The van der Waals surface area contributed by atoms with Gasteiger partial charge in [-0.3, -0.25) is 0 Å². The molecule has 1 saturated carbocycles. The van der Waals surface area contributed by atoms with Crippen molar-refractivity contribution in [2.75, 3.05) is 6.54 Å². The van der Waals surface area contributed by atoms with Gasteiger partial charge in [-0.1, -0.05) is 6.42 Å². The molecular formula is C12H20N4. The first kappa shape index (κ1) is 10.3. The summed E-state index contributed by atoms with van der Waals surface area (Å²) in [5, 5.41) is 4.67. The monoisotopic (exact) mass is 220 g/mol. The van der Waals surface area contributed by atoms with Crippen LogP contribution >= 0.6 is 0 Å². The van der Waals surface area contributed by atoms with Gasteiger partial charge in [0.2, 0.25) is 0 Å². The molecule has 0 amide bonds. The molecule has 1 aliphatic heterocycles.